The zero-order chi connectivity index (χ0) is 13.0. The number of rotatable bonds is 6. The van der Waals surface area contributed by atoms with Crippen molar-refractivity contribution in [3.63, 3.8) is 0 Å². The second-order valence-electron chi connectivity index (χ2n) is 4.44. The van der Waals surface area contributed by atoms with Gasteiger partial charge in [-0.1, -0.05) is 12.1 Å². The molecule has 0 spiro atoms. The van der Waals surface area contributed by atoms with Crippen molar-refractivity contribution in [1.82, 2.24) is 29.9 Å². The fourth-order valence-electron chi connectivity index (χ4n) is 1.90. The second-order valence-corrected chi connectivity index (χ2v) is 4.44. The van der Waals surface area contributed by atoms with E-state index in [-0.39, 0.29) is 0 Å². The minimum absolute atomic E-state index is 0.725. The molecule has 18 heavy (non-hydrogen) atoms. The highest BCUT2D eigenvalue weighted by atomic mass is 15.4. The van der Waals surface area contributed by atoms with Crippen LogP contribution in [-0.4, -0.2) is 31.1 Å². The van der Waals surface area contributed by atoms with Crippen LogP contribution in [0.15, 0.2) is 12.4 Å². The lowest BCUT2D eigenvalue weighted by Crippen LogP contribution is -2.17. The number of nitrogens with one attached hydrogen (secondary N) is 1. The zero-order valence-electron chi connectivity index (χ0n) is 11.2. The zero-order valence-corrected chi connectivity index (χ0v) is 11.2. The summed E-state index contributed by atoms with van der Waals surface area (Å²) in [4.78, 5) is 4.37. The lowest BCUT2D eigenvalue weighted by molar-refractivity contribution is 0.618. The third-order valence-corrected chi connectivity index (χ3v) is 2.84. The molecular weight excluding hydrogens is 228 g/mol. The molecule has 0 aliphatic carbocycles. The second kappa shape index (κ2) is 5.77. The molecule has 1 N–H and O–H groups in total. The summed E-state index contributed by atoms with van der Waals surface area (Å²) in [6.45, 7) is 6.77. The van der Waals surface area contributed by atoms with Gasteiger partial charge in [0.15, 0.2) is 0 Å². The van der Waals surface area contributed by atoms with Gasteiger partial charge in [0.2, 0.25) is 0 Å². The number of aromatic nitrogens is 5. The van der Waals surface area contributed by atoms with Gasteiger partial charge in [0.05, 0.1) is 12.2 Å². The van der Waals surface area contributed by atoms with Crippen molar-refractivity contribution in [2.75, 3.05) is 6.54 Å². The van der Waals surface area contributed by atoms with Gasteiger partial charge < -0.3 is 9.88 Å². The molecule has 0 saturated carbocycles. The Hall–Kier alpha value is -1.69. The van der Waals surface area contributed by atoms with Crippen LogP contribution in [-0.2, 0) is 20.1 Å². The van der Waals surface area contributed by atoms with E-state index in [2.05, 4.69) is 32.1 Å². The predicted octanol–water partition coefficient (Wildman–Crippen LogP) is 0.868. The van der Waals surface area contributed by atoms with Crippen LogP contribution in [0, 0.1) is 6.92 Å². The minimum atomic E-state index is 0.725. The molecule has 0 amide bonds. The molecule has 0 unspecified atom stereocenters. The number of hydrogen-bond acceptors (Lipinski definition) is 4. The molecule has 0 radical (unpaired) electrons. The van der Waals surface area contributed by atoms with Gasteiger partial charge in [-0.25, -0.2) is 4.98 Å². The van der Waals surface area contributed by atoms with Gasteiger partial charge in [0.1, 0.15) is 11.5 Å². The summed E-state index contributed by atoms with van der Waals surface area (Å²) >= 11 is 0. The van der Waals surface area contributed by atoms with Crippen molar-refractivity contribution in [1.29, 1.82) is 0 Å². The van der Waals surface area contributed by atoms with Crippen LogP contribution in [0.1, 0.15) is 30.6 Å². The van der Waals surface area contributed by atoms with E-state index < -0.39 is 0 Å². The molecule has 0 aliphatic heterocycles. The molecule has 0 aromatic carbocycles. The van der Waals surface area contributed by atoms with E-state index in [4.69, 9.17) is 0 Å². The first-order valence-corrected chi connectivity index (χ1v) is 6.27. The average Bonchev–Trinajstić information content (AvgIpc) is 2.90. The van der Waals surface area contributed by atoms with Gasteiger partial charge in [0, 0.05) is 26.0 Å². The highest BCUT2D eigenvalue weighted by molar-refractivity contribution is 5.08. The molecule has 2 heterocycles. The summed E-state index contributed by atoms with van der Waals surface area (Å²) in [7, 11) is 1.88. The number of nitrogens with zero attached hydrogens (tertiary/aromatic N) is 5. The third kappa shape index (κ3) is 2.95. The Morgan fingerprint density at radius 2 is 2.22 bits per heavy atom. The fraction of sp³-hybridized carbons (Fsp3) is 0.583. The molecule has 0 atom stereocenters. The molecule has 98 valence electrons. The van der Waals surface area contributed by atoms with E-state index in [9.17, 15) is 0 Å². The lowest BCUT2D eigenvalue weighted by Gasteiger charge is -2.09. The van der Waals surface area contributed by atoms with E-state index in [1.807, 2.05) is 26.4 Å². The van der Waals surface area contributed by atoms with Crippen molar-refractivity contribution in [2.24, 2.45) is 7.05 Å². The Labute approximate surface area is 107 Å². The maximum Gasteiger partial charge on any atom is 0.106 e. The Bertz CT molecular complexity index is 498. The lowest BCUT2D eigenvalue weighted by atomic mass is 10.4. The maximum absolute atomic E-state index is 4.37. The average molecular weight is 248 g/mol. The molecule has 0 bridgehead atoms. The SMILES string of the molecule is CCCNCc1cnc(C)n1Cc1cn(C)nn1. The Morgan fingerprint density at radius 1 is 1.39 bits per heavy atom. The van der Waals surface area contributed by atoms with Crippen molar-refractivity contribution >= 4 is 0 Å². The number of imidazole rings is 1. The summed E-state index contributed by atoms with van der Waals surface area (Å²) in [5.74, 6) is 1.01. The fourth-order valence-corrected chi connectivity index (χ4v) is 1.90. The first kappa shape index (κ1) is 12.8. The predicted molar refractivity (Wildman–Crippen MR) is 69.1 cm³/mol. The summed E-state index contributed by atoms with van der Waals surface area (Å²) in [6.07, 6.45) is 4.99. The maximum atomic E-state index is 4.37. The van der Waals surface area contributed by atoms with Crippen molar-refractivity contribution < 1.29 is 0 Å². The highest BCUT2D eigenvalue weighted by Gasteiger charge is 2.08. The highest BCUT2D eigenvalue weighted by Crippen LogP contribution is 2.07. The molecule has 0 fully saturated rings. The van der Waals surface area contributed by atoms with E-state index >= 15 is 0 Å². The van der Waals surface area contributed by atoms with E-state index in [1.54, 1.807) is 4.68 Å². The van der Waals surface area contributed by atoms with Crippen LogP contribution in [0.5, 0.6) is 0 Å². The normalized spacial score (nSPS) is 11.1. The molecule has 6 nitrogen and oxygen atoms in total. The minimum Gasteiger partial charge on any atom is -0.325 e. The molecular formula is C12H20N6. The molecule has 2 aromatic heterocycles. The Balaban J connectivity index is 2.08. The van der Waals surface area contributed by atoms with Gasteiger partial charge in [0.25, 0.3) is 0 Å². The number of aryl methyl sites for hydroxylation is 2. The molecule has 2 aromatic rings. The first-order valence-electron chi connectivity index (χ1n) is 6.27. The summed E-state index contributed by atoms with van der Waals surface area (Å²) in [6, 6.07) is 0. The topological polar surface area (TPSA) is 60.6 Å². The van der Waals surface area contributed by atoms with Crippen molar-refractivity contribution in [2.45, 2.75) is 33.4 Å². The van der Waals surface area contributed by atoms with Gasteiger partial charge >= 0.3 is 0 Å². The molecule has 6 heteroatoms. The van der Waals surface area contributed by atoms with Gasteiger partial charge in [-0.2, -0.15) is 0 Å². The summed E-state index contributed by atoms with van der Waals surface area (Å²) in [5.41, 5.74) is 2.14. The van der Waals surface area contributed by atoms with Gasteiger partial charge in [-0.05, 0) is 19.9 Å². The van der Waals surface area contributed by atoms with E-state index in [1.165, 1.54) is 5.69 Å². The largest absolute Gasteiger partial charge is 0.325 e. The third-order valence-electron chi connectivity index (χ3n) is 2.84. The summed E-state index contributed by atoms with van der Waals surface area (Å²) < 4.78 is 3.89. The van der Waals surface area contributed by atoms with Crippen molar-refractivity contribution in [3.8, 4) is 0 Å². The molecule has 2 rings (SSSR count). The molecule has 0 saturated heterocycles. The molecule has 0 aliphatic rings. The standard InChI is InChI=1S/C12H20N6/c1-4-5-13-6-12-7-14-10(2)18(12)9-11-8-17(3)16-15-11/h7-8,13H,4-6,9H2,1-3H3. The van der Waals surface area contributed by atoms with Gasteiger partial charge in [-0.3, -0.25) is 4.68 Å². The Morgan fingerprint density at radius 3 is 2.89 bits per heavy atom. The van der Waals surface area contributed by atoms with E-state index in [0.29, 0.717) is 0 Å². The van der Waals surface area contributed by atoms with Crippen molar-refractivity contribution in [3.05, 3.63) is 29.6 Å². The smallest absolute Gasteiger partial charge is 0.106 e. The van der Waals surface area contributed by atoms with Crippen LogP contribution in [0.2, 0.25) is 0 Å². The monoisotopic (exact) mass is 248 g/mol. The van der Waals surface area contributed by atoms with Crippen LogP contribution < -0.4 is 5.32 Å². The first-order chi connectivity index (χ1) is 8.70. The van der Waals surface area contributed by atoms with Crippen LogP contribution in [0.3, 0.4) is 0 Å². The quantitative estimate of drug-likeness (QED) is 0.771. The van der Waals surface area contributed by atoms with Crippen LogP contribution in [0.25, 0.3) is 0 Å². The van der Waals surface area contributed by atoms with Crippen LogP contribution >= 0.6 is 0 Å². The van der Waals surface area contributed by atoms with Crippen LogP contribution in [0.4, 0.5) is 0 Å². The van der Waals surface area contributed by atoms with E-state index in [0.717, 1.165) is 37.6 Å². The van der Waals surface area contributed by atoms with Gasteiger partial charge in [-0.15, -0.1) is 5.10 Å². The Kier molecular flexibility index (Phi) is 4.09. The summed E-state index contributed by atoms with van der Waals surface area (Å²) in [5, 5.41) is 11.5. The number of hydrogen-bond donors (Lipinski definition) is 1.